The summed E-state index contributed by atoms with van der Waals surface area (Å²) in [5.41, 5.74) is 1.11. The van der Waals surface area contributed by atoms with Gasteiger partial charge in [0.2, 0.25) is 0 Å². The highest BCUT2D eigenvalue weighted by Gasteiger charge is 1.94. The van der Waals surface area contributed by atoms with Crippen molar-refractivity contribution in [1.29, 1.82) is 0 Å². The summed E-state index contributed by atoms with van der Waals surface area (Å²) in [5.74, 6) is 1.45. The van der Waals surface area contributed by atoms with E-state index in [4.69, 9.17) is 21.1 Å². The van der Waals surface area contributed by atoms with Gasteiger partial charge in [-0.1, -0.05) is 12.1 Å². The quantitative estimate of drug-likeness (QED) is 0.527. The molecule has 0 atom stereocenters. The van der Waals surface area contributed by atoms with Crippen LogP contribution in [0.1, 0.15) is 18.4 Å². The van der Waals surface area contributed by atoms with Crippen LogP contribution in [0.4, 0.5) is 0 Å². The van der Waals surface area contributed by atoms with Gasteiger partial charge in [0.15, 0.2) is 0 Å². The molecule has 84 valence electrons. The fourth-order valence-corrected chi connectivity index (χ4v) is 1.39. The Bertz CT molecular complexity index is 259. The Morgan fingerprint density at radius 1 is 1.07 bits per heavy atom. The van der Waals surface area contributed by atoms with Gasteiger partial charge in [0.25, 0.3) is 0 Å². The molecule has 0 spiro atoms. The smallest absolute Gasteiger partial charge is 0.119 e. The molecule has 0 saturated heterocycles. The number of ether oxygens (including phenoxy) is 2. The molecule has 0 heterocycles. The summed E-state index contributed by atoms with van der Waals surface area (Å²) < 4.78 is 10.5. The van der Waals surface area contributed by atoms with Crippen LogP contribution in [0.3, 0.4) is 0 Å². The maximum absolute atomic E-state index is 5.69. The molecule has 15 heavy (non-hydrogen) atoms. The Morgan fingerprint density at radius 2 is 1.73 bits per heavy atom. The number of methoxy groups -OCH3 is 1. The van der Waals surface area contributed by atoms with Crippen LogP contribution in [0.15, 0.2) is 24.3 Å². The molecule has 1 aromatic carbocycles. The standard InChI is InChI=1S/C12H17ClO2/c1-14-8-2-3-9-15-12-6-4-11(10-13)5-7-12/h4-7H,2-3,8-10H2,1H3. The van der Waals surface area contributed by atoms with E-state index in [9.17, 15) is 0 Å². The van der Waals surface area contributed by atoms with E-state index >= 15 is 0 Å². The SMILES string of the molecule is COCCCCOc1ccc(CCl)cc1. The monoisotopic (exact) mass is 228 g/mol. The Morgan fingerprint density at radius 3 is 2.33 bits per heavy atom. The average molecular weight is 229 g/mol. The number of halogens is 1. The van der Waals surface area contributed by atoms with Gasteiger partial charge in [-0.3, -0.25) is 0 Å². The first kappa shape index (κ1) is 12.3. The Labute approximate surface area is 96.2 Å². The van der Waals surface area contributed by atoms with Crippen LogP contribution >= 0.6 is 11.6 Å². The summed E-state index contributed by atoms with van der Waals surface area (Å²) in [6.45, 7) is 1.54. The van der Waals surface area contributed by atoms with Gasteiger partial charge in [-0.25, -0.2) is 0 Å². The van der Waals surface area contributed by atoms with Crippen molar-refractivity contribution in [2.75, 3.05) is 20.3 Å². The number of unbranched alkanes of at least 4 members (excludes halogenated alkanes) is 1. The molecule has 0 aromatic heterocycles. The van der Waals surface area contributed by atoms with Crippen LogP contribution in [0, 0.1) is 0 Å². The fraction of sp³-hybridized carbons (Fsp3) is 0.500. The summed E-state index contributed by atoms with van der Waals surface area (Å²) in [5, 5.41) is 0. The second-order valence-corrected chi connectivity index (χ2v) is 3.59. The van der Waals surface area contributed by atoms with Crippen molar-refractivity contribution >= 4 is 11.6 Å². The zero-order valence-corrected chi connectivity index (χ0v) is 9.80. The van der Waals surface area contributed by atoms with Gasteiger partial charge in [-0.15, -0.1) is 11.6 Å². The van der Waals surface area contributed by atoms with Gasteiger partial charge in [0.1, 0.15) is 5.75 Å². The van der Waals surface area contributed by atoms with Gasteiger partial charge < -0.3 is 9.47 Å². The number of rotatable bonds is 7. The van der Waals surface area contributed by atoms with Crippen molar-refractivity contribution in [3.8, 4) is 5.75 Å². The molecule has 0 N–H and O–H groups in total. The van der Waals surface area contributed by atoms with Crippen molar-refractivity contribution in [2.24, 2.45) is 0 Å². The van der Waals surface area contributed by atoms with Gasteiger partial charge in [-0.05, 0) is 30.5 Å². The summed E-state index contributed by atoms with van der Waals surface area (Å²) in [6.07, 6.45) is 2.06. The molecule has 1 aromatic rings. The lowest BCUT2D eigenvalue weighted by molar-refractivity contribution is 0.184. The molecule has 0 saturated carbocycles. The van der Waals surface area contributed by atoms with E-state index in [1.54, 1.807) is 7.11 Å². The maximum Gasteiger partial charge on any atom is 0.119 e. The number of hydrogen-bond acceptors (Lipinski definition) is 2. The third-order valence-electron chi connectivity index (χ3n) is 2.09. The van der Waals surface area contributed by atoms with E-state index in [-0.39, 0.29) is 0 Å². The summed E-state index contributed by atoms with van der Waals surface area (Å²) in [7, 11) is 1.71. The molecule has 2 nitrogen and oxygen atoms in total. The zero-order valence-electron chi connectivity index (χ0n) is 9.04. The molecule has 1 rings (SSSR count). The summed E-state index contributed by atoms with van der Waals surface area (Å²) in [6, 6.07) is 7.87. The highest BCUT2D eigenvalue weighted by molar-refractivity contribution is 6.17. The molecule has 0 amide bonds. The Balaban J connectivity index is 2.20. The molecule has 0 bridgehead atoms. The molecular weight excluding hydrogens is 212 g/mol. The third kappa shape index (κ3) is 5.05. The lowest BCUT2D eigenvalue weighted by atomic mass is 10.2. The van der Waals surface area contributed by atoms with Crippen LogP contribution < -0.4 is 4.74 Å². The van der Waals surface area contributed by atoms with E-state index in [2.05, 4.69) is 0 Å². The lowest BCUT2D eigenvalue weighted by Crippen LogP contribution is -1.99. The van der Waals surface area contributed by atoms with Crippen molar-refractivity contribution in [2.45, 2.75) is 18.7 Å². The number of benzene rings is 1. The predicted molar refractivity (Wildman–Crippen MR) is 62.6 cm³/mol. The molecular formula is C12H17ClO2. The van der Waals surface area contributed by atoms with Crippen molar-refractivity contribution < 1.29 is 9.47 Å². The lowest BCUT2D eigenvalue weighted by Gasteiger charge is -2.06. The molecule has 0 fully saturated rings. The highest BCUT2D eigenvalue weighted by atomic mass is 35.5. The van der Waals surface area contributed by atoms with E-state index in [1.165, 1.54) is 0 Å². The number of alkyl halides is 1. The second kappa shape index (κ2) is 7.55. The predicted octanol–water partition coefficient (Wildman–Crippen LogP) is 3.23. The van der Waals surface area contributed by atoms with E-state index < -0.39 is 0 Å². The molecule has 0 radical (unpaired) electrons. The molecule has 3 heteroatoms. The highest BCUT2D eigenvalue weighted by Crippen LogP contribution is 2.13. The van der Waals surface area contributed by atoms with Crippen LogP contribution in [-0.2, 0) is 10.6 Å². The van der Waals surface area contributed by atoms with Gasteiger partial charge in [-0.2, -0.15) is 0 Å². The normalized spacial score (nSPS) is 10.3. The second-order valence-electron chi connectivity index (χ2n) is 3.33. The van der Waals surface area contributed by atoms with Crippen LogP contribution in [-0.4, -0.2) is 20.3 Å². The van der Waals surface area contributed by atoms with Crippen LogP contribution in [0.2, 0.25) is 0 Å². The molecule has 0 aliphatic rings. The minimum atomic E-state index is 0.550. The van der Waals surface area contributed by atoms with Crippen LogP contribution in [0.5, 0.6) is 5.75 Å². The largest absolute Gasteiger partial charge is 0.494 e. The van der Waals surface area contributed by atoms with Gasteiger partial charge in [0.05, 0.1) is 6.61 Å². The first-order valence-electron chi connectivity index (χ1n) is 5.13. The Kier molecular flexibility index (Phi) is 6.21. The van der Waals surface area contributed by atoms with E-state index in [0.29, 0.717) is 5.88 Å². The van der Waals surface area contributed by atoms with Gasteiger partial charge in [0, 0.05) is 19.6 Å². The van der Waals surface area contributed by atoms with E-state index in [0.717, 1.165) is 37.4 Å². The van der Waals surface area contributed by atoms with E-state index in [1.807, 2.05) is 24.3 Å². The summed E-state index contributed by atoms with van der Waals surface area (Å²) in [4.78, 5) is 0. The minimum absolute atomic E-state index is 0.550. The first-order valence-corrected chi connectivity index (χ1v) is 5.67. The minimum Gasteiger partial charge on any atom is -0.494 e. The summed E-state index contributed by atoms with van der Waals surface area (Å²) >= 11 is 5.69. The first-order chi connectivity index (χ1) is 7.36. The van der Waals surface area contributed by atoms with Crippen LogP contribution in [0.25, 0.3) is 0 Å². The topological polar surface area (TPSA) is 18.5 Å². The Hall–Kier alpha value is -0.730. The fourth-order valence-electron chi connectivity index (χ4n) is 1.21. The molecule has 0 aliphatic heterocycles. The average Bonchev–Trinajstić information content (AvgIpc) is 2.30. The van der Waals surface area contributed by atoms with Gasteiger partial charge >= 0.3 is 0 Å². The van der Waals surface area contributed by atoms with Crippen molar-refractivity contribution in [1.82, 2.24) is 0 Å². The van der Waals surface area contributed by atoms with Crippen molar-refractivity contribution in [3.05, 3.63) is 29.8 Å². The molecule has 0 aliphatic carbocycles. The third-order valence-corrected chi connectivity index (χ3v) is 2.40. The zero-order chi connectivity index (χ0) is 10.9. The number of hydrogen-bond donors (Lipinski definition) is 0. The maximum atomic E-state index is 5.69. The molecule has 0 unspecified atom stereocenters. The van der Waals surface area contributed by atoms with Crippen molar-refractivity contribution in [3.63, 3.8) is 0 Å².